The molecule has 3 N–H and O–H groups in total. The lowest BCUT2D eigenvalue weighted by Crippen LogP contribution is -2.38. The monoisotopic (exact) mass is 360 g/mol. The van der Waals surface area contributed by atoms with Gasteiger partial charge in [0.25, 0.3) is 0 Å². The molecule has 26 heavy (non-hydrogen) atoms. The van der Waals surface area contributed by atoms with E-state index in [9.17, 15) is 8.78 Å². The zero-order valence-electron chi connectivity index (χ0n) is 14.3. The minimum atomic E-state index is -0.612. The van der Waals surface area contributed by atoms with E-state index < -0.39 is 17.7 Å². The molecule has 0 fully saturated rings. The van der Waals surface area contributed by atoms with Gasteiger partial charge in [0.05, 0.1) is 18.8 Å². The van der Waals surface area contributed by atoms with Gasteiger partial charge in [0, 0.05) is 18.7 Å². The van der Waals surface area contributed by atoms with Crippen molar-refractivity contribution in [1.29, 1.82) is 0 Å². The van der Waals surface area contributed by atoms with E-state index in [1.165, 1.54) is 12.1 Å². The van der Waals surface area contributed by atoms with Gasteiger partial charge in [-0.3, -0.25) is 10.1 Å². The fourth-order valence-corrected chi connectivity index (χ4v) is 2.39. The Labute approximate surface area is 148 Å². The first kappa shape index (κ1) is 17.6. The Morgan fingerprint density at radius 2 is 2.19 bits per heavy atom. The highest BCUT2D eigenvalue weighted by molar-refractivity contribution is 5.80. The molecule has 2 heterocycles. The number of rotatable bonds is 5. The van der Waals surface area contributed by atoms with Crippen LogP contribution >= 0.6 is 0 Å². The molecule has 9 heteroatoms. The summed E-state index contributed by atoms with van der Waals surface area (Å²) in [6.07, 6.45) is 1.55. The lowest BCUT2D eigenvalue weighted by molar-refractivity contribution is 0.550. The lowest BCUT2D eigenvalue weighted by atomic mass is 10.1. The molecule has 0 saturated carbocycles. The van der Waals surface area contributed by atoms with Crippen LogP contribution in [0.3, 0.4) is 0 Å². The molecule has 3 rings (SSSR count). The van der Waals surface area contributed by atoms with E-state index in [4.69, 9.17) is 4.42 Å². The molecule has 3 aromatic rings. The van der Waals surface area contributed by atoms with Crippen LogP contribution in [0, 0.1) is 11.6 Å². The molecule has 7 nitrogen and oxygen atoms in total. The molecule has 1 atom stereocenters. The summed E-state index contributed by atoms with van der Waals surface area (Å²) < 4.78 is 32.1. The zero-order chi connectivity index (χ0) is 18.5. The summed E-state index contributed by atoms with van der Waals surface area (Å²) in [4.78, 5) is 8.40. The molecule has 1 unspecified atom stereocenters. The predicted octanol–water partition coefficient (Wildman–Crippen LogP) is 2.77. The molecule has 136 valence electrons. The number of nitrogens with one attached hydrogen (secondary N) is 3. The molecule has 0 saturated heterocycles. The summed E-state index contributed by atoms with van der Waals surface area (Å²) in [5, 5.41) is 13.0. The highest BCUT2D eigenvalue weighted by Gasteiger charge is 2.14. The van der Waals surface area contributed by atoms with Crippen LogP contribution in [0.1, 0.15) is 24.4 Å². The van der Waals surface area contributed by atoms with Crippen LogP contribution in [-0.2, 0) is 6.54 Å². The topological polar surface area (TPSA) is 91.1 Å². The van der Waals surface area contributed by atoms with E-state index in [1.54, 1.807) is 32.4 Å². The van der Waals surface area contributed by atoms with Gasteiger partial charge in [0.1, 0.15) is 17.5 Å². The van der Waals surface area contributed by atoms with Gasteiger partial charge in [0.2, 0.25) is 5.82 Å². The van der Waals surface area contributed by atoms with Crippen molar-refractivity contribution in [2.24, 2.45) is 4.99 Å². The Hall–Kier alpha value is -3.23. The molecule has 0 radical (unpaired) electrons. The number of nitrogens with zero attached hydrogens (tertiary/aromatic N) is 3. The molecule has 0 aliphatic rings. The van der Waals surface area contributed by atoms with Crippen LogP contribution in [0.25, 0.3) is 11.6 Å². The normalized spacial score (nSPS) is 12.8. The van der Waals surface area contributed by atoms with Crippen LogP contribution in [-0.4, -0.2) is 28.2 Å². The second-order valence-corrected chi connectivity index (χ2v) is 5.54. The summed E-state index contributed by atoms with van der Waals surface area (Å²) >= 11 is 0. The molecule has 0 spiro atoms. The van der Waals surface area contributed by atoms with Gasteiger partial charge in [-0.05, 0) is 25.1 Å². The maximum Gasteiger partial charge on any atom is 0.216 e. The van der Waals surface area contributed by atoms with E-state index >= 15 is 0 Å². The van der Waals surface area contributed by atoms with Crippen LogP contribution in [0.15, 0.2) is 46.0 Å². The van der Waals surface area contributed by atoms with Crippen molar-refractivity contribution in [3.05, 3.63) is 59.6 Å². The van der Waals surface area contributed by atoms with Gasteiger partial charge in [-0.2, -0.15) is 0 Å². The third kappa shape index (κ3) is 4.05. The Morgan fingerprint density at radius 3 is 2.88 bits per heavy atom. The van der Waals surface area contributed by atoms with Crippen LogP contribution < -0.4 is 10.6 Å². The number of aromatic amines is 1. The van der Waals surface area contributed by atoms with Gasteiger partial charge in [0.15, 0.2) is 11.7 Å². The molecule has 1 aromatic carbocycles. The Balaban J connectivity index is 1.60. The van der Waals surface area contributed by atoms with Crippen molar-refractivity contribution in [2.75, 3.05) is 7.05 Å². The maximum absolute atomic E-state index is 13.9. The Bertz CT molecular complexity index is 891. The molecular formula is C17H18F2N6O. The minimum Gasteiger partial charge on any atom is -0.461 e. The van der Waals surface area contributed by atoms with E-state index in [1.807, 2.05) is 0 Å². The molecule has 0 amide bonds. The number of aliphatic imine (C=N–C) groups is 1. The SMILES string of the molecule is CN=C(NCc1nc(-c2ccco2)n[nH]1)NC(C)c1ccc(F)cc1F. The van der Waals surface area contributed by atoms with E-state index in [-0.39, 0.29) is 0 Å². The second-order valence-electron chi connectivity index (χ2n) is 5.54. The predicted molar refractivity (Wildman–Crippen MR) is 92.2 cm³/mol. The third-order valence-electron chi connectivity index (χ3n) is 3.70. The van der Waals surface area contributed by atoms with Gasteiger partial charge in [-0.25, -0.2) is 13.8 Å². The number of benzene rings is 1. The first-order valence-electron chi connectivity index (χ1n) is 7.94. The molecular weight excluding hydrogens is 342 g/mol. The van der Waals surface area contributed by atoms with Gasteiger partial charge in [-0.15, -0.1) is 5.10 Å². The molecule has 2 aromatic heterocycles. The molecule has 0 bridgehead atoms. The minimum absolute atomic E-state index is 0.325. The van der Waals surface area contributed by atoms with Crippen LogP contribution in [0.4, 0.5) is 8.78 Å². The van der Waals surface area contributed by atoms with Crippen molar-refractivity contribution in [3.8, 4) is 11.6 Å². The highest BCUT2D eigenvalue weighted by Crippen LogP contribution is 2.17. The number of hydrogen-bond donors (Lipinski definition) is 3. The van der Waals surface area contributed by atoms with Gasteiger partial charge >= 0.3 is 0 Å². The number of H-pyrrole nitrogens is 1. The van der Waals surface area contributed by atoms with Crippen molar-refractivity contribution in [1.82, 2.24) is 25.8 Å². The summed E-state index contributed by atoms with van der Waals surface area (Å²) in [6, 6.07) is 6.59. The van der Waals surface area contributed by atoms with E-state index in [0.717, 1.165) is 6.07 Å². The average molecular weight is 360 g/mol. The maximum atomic E-state index is 13.9. The average Bonchev–Trinajstić information content (AvgIpc) is 3.29. The fourth-order valence-electron chi connectivity index (χ4n) is 2.39. The first-order chi connectivity index (χ1) is 12.6. The van der Waals surface area contributed by atoms with Crippen molar-refractivity contribution in [3.63, 3.8) is 0 Å². The van der Waals surface area contributed by atoms with Crippen LogP contribution in [0.2, 0.25) is 0 Å². The van der Waals surface area contributed by atoms with E-state index in [0.29, 0.717) is 35.5 Å². The zero-order valence-corrected chi connectivity index (χ0v) is 14.3. The first-order valence-corrected chi connectivity index (χ1v) is 7.94. The Morgan fingerprint density at radius 1 is 1.35 bits per heavy atom. The fraction of sp³-hybridized carbons (Fsp3) is 0.235. The standard InChI is InChI=1S/C17H18F2N6O/c1-10(12-6-5-11(18)8-13(12)19)22-17(20-2)21-9-15-23-16(25-24-15)14-4-3-7-26-14/h3-8,10H,9H2,1-2H3,(H2,20,21,22)(H,23,24,25). The lowest BCUT2D eigenvalue weighted by Gasteiger charge is -2.18. The second kappa shape index (κ2) is 7.77. The smallest absolute Gasteiger partial charge is 0.216 e. The van der Waals surface area contributed by atoms with Gasteiger partial charge < -0.3 is 15.1 Å². The highest BCUT2D eigenvalue weighted by atomic mass is 19.1. The summed E-state index contributed by atoms with van der Waals surface area (Å²) in [5.41, 5.74) is 0.342. The summed E-state index contributed by atoms with van der Waals surface area (Å²) in [7, 11) is 1.59. The van der Waals surface area contributed by atoms with Crippen molar-refractivity contribution in [2.45, 2.75) is 19.5 Å². The summed E-state index contributed by atoms with van der Waals surface area (Å²) in [6.45, 7) is 2.08. The number of halogens is 2. The quantitative estimate of drug-likeness (QED) is 0.481. The number of guanidine groups is 1. The number of furan rings is 1. The van der Waals surface area contributed by atoms with E-state index in [2.05, 4.69) is 30.8 Å². The molecule has 0 aliphatic carbocycles. The largest absolute Gasteiger partial charge is 0.461 e. The van der Waals surface area contributed by atoms with Gasteiger partial charge in [-0.1, -0.05) is 6.07 Å². The third-order valence-corrected chi connectivity index (χ3v) is 3.70. The number of aromatic nitrogens is 3. The summed E-state index contributed by atoms with van der Waals surface area (Å²) in [5.74, 6) is 0.821. The Kier molecular flexibility index (Phi) is 5.26. The van der Waals surface area contributed by atoms with Crippen molar-refractivity contribution < 1.29 is 13.2 Å². The molecule has 0 aliphatic heterocycles. The van der Waals surface area contributed by atoms with Crippen LogP contribution in [0.5, 0.6) is 0 Å². The number of hydrogen-bond acceptors (Lipinski definition) is 4. The van der Waals surface area contributed by atoms with Crippen molar-refractivity contribution >= 4 is 5.96 Å².